The zero-order chi connectivity index (χ0) is 22.5. The van der Waals surface area contributed by atoms with Crippen LogP contribution < -0.4 is 10.6 Å². The zero-order valence-electron chi connectivity index (χ0n) is 17.1. The number of hydrogen-bond acceptors (Lipinski definition) is 5. The van der Waals surface area contributed by atoms with Gasteiger partial charge in [0, 0.05) is 37.6 Å². The van der Waals surface area contributed by atoms with Crippen LogP contribution in [0.15, 0.2) is 73.1 Å². The largest absolute Gasteiger partial charge is 0.348 e. The quantitative estimate of drug-likeness (QED) is 0.563. The fraction of sp³-hybridized carbons (Fsp3) is 0.125. The summed E-state index contributed by atoms with van der Waals surface area (Å²) in [4.78, 5) is 54.3. The van der Waals surface area contributed by atoms with E-state index in [1.54, 1.807) is 60.8 Å². The lowest BCUT2D eigenvalue weighted by atomic mass is 10.1. The molecule has 1 aromatic heterocycles. The van der Waals surface area contributed by atoms with Crippen LogP contribution in [0, 0.1) is 0 Å². The van der Waals surface area contributed by atoms with Gasteiger partial charge in [0.2, 0.25) is 5.91 Å². The number of pyridine rings is 1. The molecule has 0 aliphatic carbocycles. The van der Waals surface area contributed by atoms with Crippen LogP contribution in [0.1, 0.15) is 43.1 Å². The number of aromatic nitrogens is 1. The Morgan fingerprint density at radius 3 is 2.34 bits per heavy atom. The highest BCUT2D eigenvalue weighted by Gasteiger charge is 2.34. The maximum absolute atomic E-state index is 12.4. The zero-order valence-corrected chi connectivity index (χ0v) is 17.1. The van der Waals surface area contributed by atoms with E-state index in [1.807, 2.05) is 6.07 Å². The molecule has 0 spiro atoms. The minimum atomic E-state index is -0.384. The first-order chi connectivity index (χ1) is 15.5. The van der Waals surface area contributed by atoms with Crippen molar-refractivity contribution in [2.24, 2.45) is 0 Å². The number of fused-ring (bicyclic) bond motifs is 1. The first-order valence-electron chi connectivity index (χ1n) is 10.0. The van der Waals surface area contributed by atoms with Gasteiger partial charge in [-0.3, -0.25) is 29.1 Å². The molecule has 0 saturated heterocycles. The standard InChI is InChI=1S/C24H20N4O4/c29-21(10-12-28-23(31)19-8-1-2-9-20(19)24(28)32)27-18-7-3-5-16(13-18)14-26-22(30)17-6-4-11-25-15-17/h1-9,11,13,15H,10,12,14H2,(H,26,30)(H,27,29). The number of carbonyl (C=O) groups excluding carboxylic acids is 4. The first kappa shape index (κ1) is 20.9. The van der Waals surface area contributed by atoms with E-state index < -0.39 is 0 Å². The molecule has 0 radical (unpaired) electrons. The fourth-order valence-electron chi connectivity index (χ4n) is 3.42. The smallest absolute Gasteiger partial charge is 0.261 e. The number of benzene rings is 2. The Labute approximate surface area is 184 Å². The van der Waals surface area contributed by atoms with Crippen LogP contribution >= 0.6 is 0 Å². The van der Waals surface area contributed by atoms with E-state index in [2.05, 4.69) is 15.6 Å². The van der Waals surface area contributed by atoms with Crippen molar-refractivity contribution in [3.8, 4) is 0 Å². The van der Waals surface area contributed by atoms with E-state index >= 15 is 0 Å². The van der Waals surface area contributed by atoms with Crippen molar-refractivity contribution in [3.05, 3.63) is 95.3 Å². The van der Waals surface area contributed by atoms with E-state index in [-0.39, 0.29) is 43.1 Å². The van der Waals surface area contributed by atoms with E-state index in [9.17, 15) is 19.2 Å². The number of amides is 4. The Kier molecular flexibility index (Phi) is 6.03. The number of hydrogen-bond donors (Lipinski definition) is 2. The molecule has 8 heteroatoms. The van der Waals surface area contributed by atoms with Gasteiger partial charge in [0.05, 0.1) is 16.7 Å². The SMILES string of the molecule is O=C(CCN1C(=O)c2ccccc2C1=O)Nc1cccc(CNC(=O)c2cccnc2)c1. The molecular weight excluding hydrogens is 408 g/mol. The summed E-state index contributed by atoms with van der Waals surface area (Å²) < 4.78 is 0. The molecule has 32 heavy (non-hydrogen) atoms. The molecule has 0 unspecified atom stereocenters. The molecule has 2 N–H and O–H groups in total. The molecule has 4 amide bonds. The Morgan fingerprint density at radius 1 is 0.906 bits per heavy atom. The monoisotopic (exact) mass is 428 g/mol. The molecule has 1 aliphatic heterocycles. The van der Waals surface area contributed by atoms with Gasteiger partial charge in [0.1, 0.15) is 0 Å². The molecule has 2 heterocycles. The van der Waals surface area contributed by atoms with Crippen LogP contribution in [-0.4, -0.2) is 40.1 Å². The highest BCUT2D eigenvalue weighted by Crippen LogP contribution is 2.22. The van der Waals surface area contributed by atoms with Crippen molar-refractivity contribution in [2.45, 2.75) is 13.0 Å². The Hall–Kier alpha value is -4.33. The molecule has 3 aromatic rings. The summed E-state index contributed by atoms with van der Waals surface area (Å²) in [6.45, 7) is 0.283. The summed E-state index contributed by atoms with van der Waals surface area (Å²) in [5.74, 6) is -1.33. The fourth-order valence-corrected chi connectivity index (χ4v) is 3.42. The number of carbonyl (C=O) groups is 4. The van der Waals surface area contributed by atoms with Gasteiger partial charge >= 0.3 is 0 Å². The maximum atomic E-state index is 12.4. The second-order valence-corrected chi connectivity index (χ2v) is 7.23. The molecule has 0 atom stereocenters. The second kappa shape index (κ2) is 9.22. The van der Waals surface area contributed by atoms with Crippen molar-refractivity contribution in [1.29, 1.82) is 0 Å². The van der Waals surface area contributed by atoms with Gasteiger partial charge in [0.25, 0.3) is 17.7 Å². The highest BCUT2D eigenvalue weighted by atomic mass is 16.2. The van der Waals surface area contributed by atoms with Gasteiger partial charge in [-0.15, -0.1) is 0 Å². The molecule has 1 aliphatic rings. The van der Waals surface area contributed by atoms with E-state index in [0.717, 1.165) is 10.5 Å². The minimum Gasteiger partial charge on any atom is -0.348 e. The summed E-state index contributed by atoms with van der Waals surface area (Å²) in [6, 6.07) is 17.1. The van der Waals surface area contributed by atoms with E-state index in [4.69, 9.17) is 0 Å². The van der Waals surface area contributed by atoms with Crippen molar-refractivity contribution < 1.29 is 19.2 Å². The number of nitrogens with zero attached hydrogens (tertiary/aromatic N) is 2. The normalized spacial score (nSPS) is 12.4. The van der Waals surface area contributed by atoms with Gasteiger partial charge in [-0.05, 0) is 42.0 Å². The minimum absolute atomic E-state index is 0.000953. The Bertz CT molecular complexity index is 1160. The average Bonchev–Trinajstić information content (AvgIpc) is 3.06. The van der Waals surface area contributed by atoms with Crippen molar-refractivity contribution in [2.75, 3.05) is 11.9 Å². The van der Waals surface area contributed by atoms with Gasteiger partial charge in [-0.25, -0.2) is 0 Å². The predicted octanol–water partition coefficient (Wildman–Crippen LogP) is 2.64. The Balaban J connectivity index is 1.30. The van der Waals surface area contributed by atoms with Gasteiger partial charge in [0.15, 0.2) is 0 Å². The molecule has 8 nitrogen and oxygen atoms in total. The third-order valence-electron chi connectivity index (χ3n) is 5.03. The molecule has 2 aromatic carbocycles. The summed E-state index contributed by atoms with van der Waals surface area (Å²) in [7, 11) is 0. The molecule has 0 saturated carbocycles. The van der Waals surface area contributed by atoms with E-state index in [1.165, 1.54) is 6.20 Å². The molecular formula is C24H20N4O4. The average molecular weight is 428 g/mol. The number of nitrogens with one attached hydrogen (secondary N) is 2. The maximum Gasteiger partial charge on any atom is 0.261 e. The van der Waals surface area contributed by atoms with Crippen LogP contribution in [0.5, 0.6) is 0 Å². The van der Waals surface area contributed by atoms with Crippen LogP contribution in [0.2, 0.25) is 0 Å². The van der Waals surface area contributed by atoms with Crippen LogP contribution in [-0.2, 0) is 11.3 Å². The van der Waals surface area contributed by atoms with Crippen LogP contribution in [0.3, 0.4) is 0 Å². The van der Waals surface area contributed by atoms with Gasteiger partial charge in [-0.2, -0.15) is 0 Å². The van der Waals surface area contributed by atoms with Crippen molar-refractivity contribution in [3.63, 3.8) is 0 Å². The molecule has 0 bridgehead atoms. The van der Waals surface area contributed by atoms with Crippen molar-refractivity contribution >= 4 is 29.3 Å². The number of anilines is 1. The number of imide groups is 1. The second-order valence-electron chi connectivity index (χ2n) is 7.23. The first-order valence-corrected chi connectivity index (χ1v) is 10.0. The predicted molar refractivity (Wildman–Crippen MR) is 117 cm³/mol. The molecule has 4 rings (SSSR count). The van der Waals surface area contributed by atoms with Crippen LogP contribution in [0.25, 0.3) is 0 Å². The highest BCUT2D eigenvalue weighted by molar-refractivity contribution is 6.21. The number of rotatable bonds is 7. The summed E-state index contributed by atoms with van der Waals surface area (Å²) in [5.41, 5.74) is 2.55. The topological polar surface area (TPSA) is 108 Å². The van der Waals surface area contributed by atoms with Gasteiger partial charge < -0.3 is 10.6 Å². The summed E-state index contributed by atoms with van der Waals surface area (Å²) in [5, 5.41) is 5.57. The molecule has 0 fully saturated rings. The van der Waals surface area contributed by atoms with Crippen LogP contribution in [0.4, 0.5) is 5.69 Å². The lowest BCUT2D eigenvalue weighted by Crippen LogP contribution is -2.32. The summed E-state index contributed by atoms with van der Waals surface area (Å²) >= 11 is 0. The molecule has 160 valence electrons. The lowest BCUT2D eigenvalue weighted by molar-refractivity contribution is -0.116. The van der Waals surface area contributed by atoms with Gasteiger partial charge in [-0.1, -0.05) is 24.3 Å². The third kappa shape index (κ3) is 4.54. The van der Waals surface area contributed by atoms with Crippen molar-refractivity contribution in [1.82, 2.24) is 15.2 Å². The summed E-state index contributed by atoms with van der Waals surface area (Å²) in [6.07, 6.45) is 3.06. The lowest BCUT2D eigenvalue weighted by Gasteiger charge is -2.14. The van der Waals surface area contributed by atoms with E-state index in [0.29, 0.717) is 22.4 Å². The third-order valence-corrected chi connectivity index (χ3v) is 5.03. The Morgan fingerprint density at radius 2 is 1.66 bits per heavy atom.